The first-order chi connectivity index (χ1) is 9.76. The number of carbonyl (C=O) groups excluding carboxylic acids is 2. The normalized spacial score (nSPS) is 13.0. The fourth-order valence-corrected chi connectivity index (χ4v) is 1.90. The molecule has 1 atom stereocenters. The number of amides is 2. The first-order valence-electron chi connectivity index (χ1n) is 6.82. The van der Waals surface area contributed by atoms with Crippen molar-refractivity contribution >= 4 is 22.7 Å². The van der Waals surface area contributed by atoms with E-state index in [0.717, 1.165) is 10.9 Å². The Morgan fingerprint density at radius 1 is 1.29 bits per heavy atom. The van der Waals surface area contributed by atoms with Gasteiger partial charge in [-0.1, -0.05) is 6.07 Å². The zero-order valence-electron chi connectivity index (χ0n) is 12.7. The van der Waals surface area contributed by atoms with Gasteiger partial charge in [0.15, 0.2) is 0 Å². The molecular formula is C15H20N4O2. The average Bonchev–Trinajstić information content (AvgIpc) is 2.83. The van der Waals surface area contributed by atoms with Gasteiger partial charge in [-0.25, -0.2) is 0 Å². The Morgan fingerprint density at radius 2 is 2.00 bits per heavy atom. The highest BCUT2D eigenvalue weighted by molar-refractivity contribution is 6.00. The van der Waals surface area contributed by atoms with Gasteiger partial charge in [-0.05, 0) is 39.8 Å². The van der Waals surface area contributed by atoms with Crippen molar-refractivity contribution < 1.29 is 9.59 Å². The summed E-state index contributed by atoms with van der Waals surface area (Å²) < 4.78 is 0. The third kappa shape index (κ3) is 3.81. The Kier molecular flexibility index (Phi) is 3.97. The zero-order valence-corrected chi connectivity index (χ0v) is 12.7. The van der Waals surface area contributed by atoms with Crippen molar-refractivity contribution in [2.24, 2.45) is 0 Å². The second kappa shape index (κ2) is 5.55. The first kappa shape index (κ1) is 15.0. The number of nitrogens with zero attached hydrogens (tertiary/aromatic N) is 1. The smallest absolute Gasteiger partial charge is 0.251 e. The quantitative estimate of drug-likeness (QED) is 0.801. The van der Waals surface area contributed by atoms with Crippen molar-refractivity contribution in [2.45, 2.75) is 39.3 Å². The number of hydrogen-bond acceptors (Lipinski definition) is 3. The minimum Gasteiger partial charge on any atom is -0.350 e. The van der Waals surface area contributed by atoms with Gasteiger partial charge < -0.3 is 10.6 Å². The molecule has 0 saturated carbocycles. The molecule has 0 radical (unpaired) electrons. The van der Waals surface area contributed by atoms with Crippen LogP contribution in [0.25, 0.3) is 10.9 Å². The summed E-state index contributed by atoms with van der Waals surface area (Å²) in [4.78, 5) is 24.1. The molecule has 21 heavy (non-hydrogen) atoms. The zero-order chi connectivity index (χ0) is 15.6. The molecule has 112 valence electrons. The lowest BCUT2D eigenvalue weighted by atomic mass is 10.1. The molecule has 0 aliphatic rings. The maximum Gasteiger partial charge on any atom is 0.251 e. The van der Waals surface area contributed by atoms with Crippen molar-refractivity contribution in [1.82, 2.24) is 20.8 Å². The fourth-order valence-electron chi connectivity index (χ4n) is 1.90. The van der Waals surface area contributed by atoms with E-state index in [4.69, 9.17) is 0 Å². The van der Waals surface area contributed by atoms with Gasteiger partial charge in [0.25, 0.3) is 5.91 Å². The molecule has 2 amide bonds. The van der Waals surface area contributed by atoms with E-state index < -0.39 is 6.04 Å². The molecule has 1 unspecified atom stereocenters. The Labute approximate surface area is 123 Å². The number of nitrogens with one attached hydrogen (secondary N) is 3. The van der Waals surface area contributed by atoms with Crippen LogP contribution in [0, 0.1) is 0 Å². The molecule has 0 fully saturated rings. The SMILES string of the molecule is CC(NC(=O)c1ccc2cn[nH]c2c1)C(=O)NC(C)(C)C. The second-order valence-corrected chi connectivity index (χ2v) is 6.11. The summed E-state index contributed by atoms with van der Waals surface area (Å²) in [7, 11) is 0. The first-order valence-corrected chi connectivity index (χ1v) is 6.82. The topological polar surface area (TPSA) is 86.9 Å². The Hall–Kier alpha value is -2.37. The lowest BCUT2D eigenvalue weighted by Crippen LogP contribution is -2.50. The molecule has 2 aromatic rings. The Morgan fingerprint density at radius 3 is 2.67 bits per heavy atom. The predicted molar refractivity (Wildman–Crippen MR) is 80.9 cm³/mol. The molecule has 6 heteroatoms. The molecule has 0 aliphatic heterocycles. The summed E-state index contributed by atoms with van der Waals surface area (Å²) >= 11 is 0. The average molecular weight is 288 g/mol. The third-order valence-electron chi connectivity index (χ3n) is 2.94. The molecule has 3 N–H and O–H groups in total. The van der Waals surface area contributed by atoms with Crippen LogP contribution in [-0.4, -0.2) is 33.6 Å². The summed E-state index contributed by atoms with van der Waals surface area (Å²) in [6.07, 6.45) is 1.69. The van der Waals surface area contributed by atoms with Crippen molar-refractivity contribution in [1.29, 1.82) is 0 Å². The molecule has 0 aliphatic carbocycles. The van der Waals surface area contributed by atoms with Crippen molar-refractivity contribution in [2.75, 3.05) is 0 Å². The summed E-state index contributed by atoms with van der Waals surface area (Å²) in [5, 5.41) is 13.2. The van der Waals surface area contributed by atoms with Crippen LogP contribution in [0.15, 0.2) is 24.4 Å². The third-order valence-corrected chi connectivity index (χ3v) is 2.94. The van der Waals surface area contributed by atoms with E-state index >= 15 is 0 Å². The molecular weight excluding hydrogens is 268 g/mol. The lowest BCUT2D eigenvalue weighted by molar-refractivity contribution is -0.124. The van der Waals surface area contributed by atoms with Crippen LogP contribution >= 0.6 is 0 Å². The maximum atomic E-state index is 12.2. The van der Waals surface area contributed by atoms with Gasteiger partial charge in [0, 0.05) is 16.5 Å². The Bertz CT molecular complexity index is 670. The van der Waals surface area contributed by atoms with Crippen LogP contribution in [0.3, 0.4) is 0 Å². The van der Waals surface area contributed by atoms with E-state index in [1.54, 1.807) is 25.3 Å². The van der Waals surface area contributed by atoms with Crippen LogP contribution in [-0.2, 0) is 4.79 Å². The standard InChI is InChI=1S/C15H20N4O2/c1-9(13(20)18-15(2,3)4)17-14(21)10-5-6-11-8-16-19-12(11)7-10/h5-9H,1-4H3,(H,16,19)(H,17,21)(H,18,20). The fraction of sp³-hybridized carbons (Fsp3) is 0.400. The van der Waals surface area contributed by atoms with E-state index in [1.807, 2.05) is 26.8 Å². The summed E-state index contributed by atoms with van der Waals surface area (Å²) in [5.74, 6) is -0.499. The van der Waals surface area contributed by atoms with Crippen molar-refractivity contribution in [3.05, 3.63) is 30.0 Å². The molecule has 2 rings (SSSR count). The molecule has 1 aromatic carbocycles. The highest BCUT2D eigenvalue weighted by Crippen LogP contribution is 2.12. The maximum absolute atomic E-state index is 12.2. The highest BCUT2D eigenvalue weighted by Gasteiger charge is 2.21. The van der Waals surface area contributed by atoms with Gasteiger partial charge in [-0.2, -0.15) is 5.10 Å². The number of H-pyrrole nitrogens is 1. The van der Waals surface area contributed by atoms with Gasteiger partial charge >= 0.3 is 0 Å². The Balaban J connectivity index is 2.04. The minimum absolute atomic E-state index is 0.210. The van der Waals surface area contributed by atoms with Gasteiger partial charge in [-0.15, -0.1) is 0 Å². The number of fused-ring (bicyclic) bond motifs is 1. The molecule has 1 aromatic heterocycles. The summed E-state index contributed by atoms with van der Waals surface area (Å²) in [5.41, 5.74) is 0.946. The highest BCUT2D eigenvalue weighted by atomic mass is 16.2. The van der Waals surface area contributed by atoms with E-state index in [9.17, 15) is 9.59 Å². The van der Waals surface area contributed by atoms with E-state index in [1.165, 1.54) is 0 Å². The number of aromatic nitrogens is 2. The monoisotopic (exact) mass is 288 g/mol. The second-order valence-electron chi connectivity index (χ2n) is 6.11. The minimum atomic E-state index is -0.603. The van der Waals surface area contributed by atoms with Crippen molar-refractivity contribution in [3.8, 4) is 0 Å². The van der Waals surface area contributed by atoms with Gasteiger partial charge in [-0.3, -0.25) is 14.7 Å². The van der Waals surface area contributed by atoms with Crippen LogP contribution < -0.4 is 10.6 Å². The molecule has 6 nitrogen and oxygen atoms in total. The van der Waals surface area contributed by atoms with E-state index in [0.29, 0.717) is 5.56 Å². The van der Waals surface area contributed by atoms with Gasteiger partial charge in [0.2, 0.25) is 5.91 Å². The van der Waals surface area contributed by atoms with Gasteiger partial charge in [0.1, 0.15) is 6.04 Å². The number of aromatic amines is 1. The molecule has 0 saturated heterocycles. The van der Waals surface area contributed by atoms with E-state index in [2.05, 4.69) is 20.8 Å². The molecule has 0 bridgehead atoms. The van der Waals surface area contributed by atoms with Crippen LogP contribution in [0.1, 0.15) is 38.1 Å². The van der Waals surface area contributed by atoms with Crippen molar-refractivity contribution in [3.63, 3.8) is 0 Å². The lowest BCUT2D eigenvalue weighted by Gasteiger charge is -2.23. The van der Waals surface area contributed by atoms with Gasteiger partial charge in [0.05, 0.1) is 11.7 Å². The number of hydrogen-bond donors (Lipinski definition) is 3. The number of rotatable bonds is 3. The summed E-state index contributed by atoms with van der Waals surface area (Å²) in [6.45, 7) is 7.34. The number of carbonyl (C=O) groups is 2. The number of benzene rings is 1. The van der Waals surface area contributed by atoms with Crippen LogP contribution in [0.2, 0.25) is 0 Å². The van der Waals surface area contributed by atoms with Crippen LogP contribution in [0.5, 0.6) is 0 Å². The summed E-state index contributed by atoms with van der Waals surface area (Å²) in [6, 6.07) is 4.63. The molecule has 1 heterocycles. The molecule has 0 spiro atoms. The predicted octanol–water partition coefficient (Wildman–Crippen LogP) is 1.60. The van der Waals surface area contributed by atoms with Crippen LogP contribution in [0.4, 0.5) is 0 Å². The van der Waals surface area contributed by atoms with E-state index in [-0.39, 0.29) is 17.4 Å². The largest absolute Gasteiger partial charge is 0.350 e.